The van der Waals surface area contributed by atoms with Crippen LogP contribution in [0.3, 0.4) is 0 Å². The van der Waals surface area contributed by atoms with Crippen LogP contribution in [-0.2, 0) is 0 Å². The lowest BCUT2D eigenvalue weighted by molar-refractivity contribution is 0.363. The van der Waals surface area contributed by atoms with Gasteiger partial charge in [-0.3, -0.25) is 5.41 Å². The molecule has 2 aromatic heterocycles. The van der Waals surface area contributed by atoms with Gasteiger partial charge in [-0.15, -0.1) is 5.10 Å². The van der Waals surface area contributed by atoms with Crippen LogP contribution >= 0.6 is 11.6 Å². The number of aromatic nitrogens is 4. The molecule has 24 heavy (non-hydrogen) atoms. The van der Waals surface area contributed by atoms with Gasteiger partial charge in [-0.25, -0.2) is 9.97 Å². The number of piperidine rings is 1. The van der Waals surface area contributed by atoms with E-state index in [1.54, 1.807) is 12.3 Å². The Labute approximate surface area is 144 Å². The summed E-state index contributed by atoms with van der Waals surface area (Å²) < 4.78 is 0. The highest BCUT2D eigenvalue weighted by Gasteiger charge is 2.27. The molecule has 0 bridgehead atoms. The molecule has 3 rings (SSSR count). The molecule has 1 aliphatic rings. The number of anilines is 2. The third kappa shape index (κ3) is 3.29. The van der Waals surface area contributed by atoms with E-state index in [-0.39, 0.29) is 27.9 Å². The molecule has 5 N–H and O–H groups in total. The van der Waals surface area contributed by atoms with Crippen molar-refractivity contribution in [1.82, 2.24) is 20.2 Å². The van der Waals surface area contributed by atoms with Crippen molar-refractivity contribution in [3.63, 3.8) is 0 Å². The lowest BCUT2D eigenvalue weighted by Gasteiger charge is -2.37. The smallest absolute Gasteiger partial charge is 0.161 e. The average Bonchev–Trinajstić information content (AvgIpc) is 2.54. The maximum Gasteiger partial charge on any atom is 0.161 e. The van der Waals surface area contributed by atoms with E-state index in [1.807, 2.05) is 0 Å². The van der Waals surface area contributed by atoms with E-state index in [0.717, 1.165) is 25.9 Å². The van der Waals surface area contributed by atoms with Crippen LogP contribution in [0.15, 0.2) is 18.5 Å². The van der Waals surface area contributed by atoms with Crippen molar-refractivity contribution >= 4 is 28.9 Å². The highest BCUT2D eigenvalue weighted by atomic mass is 35.5. The predicted molar refractivity (Wildman–Crippen MR) is 93.5 cm³/mol. The fraction of sp³-hybridized carbons (Fsp3) is 0.400. The van der Waals surface area contributed by atoms with Gasteiger partial charge < -0.3 is 16.4 Å². The molecule has 2 aromatic rings. The monoisotopic (exact) mass is 346 g/mol. The Kier molecular flexibility index (Phi) is 4.33. The van der Waals surface area contributed by atoms with Gasteiger partial charge in [0.1, 0.15) is 11.5 Å². The van der Waals surface area contributed by atoms with E-state index in [4.69, 9.17) is 28.5 Å². The summed E-state index contributed by atoms with van der Waals surface area (Å²) in [5.41, 5.74) is 12.8. The number of hydrogen-bond donors (Lipinski definition) is 3. The minimum Gasteiger partial charge on any atom is -0.382 e. The largest absolute Gasteiger partial charge is 0.382 e. The van der Waals surface area contributed by atoms with Crippen molar-refractivity contribution in [1.29, 1.82) is 5.41 Å². The van der Waals surface area contributed by atoms with Crippen LogP contribution in [0.25, 0.3) is 0 Å². The molecule has 1 fully saturated rings. The standard InChI is InChI=1S/C15H19ClN8/c1-15(19)3-6-24(7-4-15)10-8-20-12(14(18)22-10)11(17)9-2-5-21-23-13(9)16/h2,5,8,17H,3-4,6-7,19H2,1H3,(H2,18,22). The zero-order valence-electron chi connectivity index (χ0n) is 13.3. The minimum absolute atomic E-state index is 0.0691. The average molecular weight is 347 g/mol. The van der Waals surface area contributed by atoms with Crippen molar-refractivity contribution in [2.24, 2.45) is 5.73 Å². The zero-order chi connectivity index (χ0) is 17.3. The van der Waals surface area contributed by atoms with Gasteiger partial charge in [0.15, 0.2) is 11.0 Å². The van der Waals surface area contributed by atoms with Crippen LogP contribution in [-0.4, -0.2) is 44.5 Å². The molecule has 0 aromatic carbocycles. The van der Waals surface area contributed by atoms with Crippen LogP contribution in [0.4, 0.5) is 11.6 Å². The lowest BCUT2D eigenvalue weighted by Crippen LogP contribution is -2.48. The molecule has 1 aliphatic heterocycles. The summed E-state index contributed by atoms with van der Waals surface area (Å²) in [5.74, 6) is 0.880. The van der Waals surface area contributed by atoms with Gasteiger partial charge in [-0.05, 0) is 25.8 Å². The van der Waals surface area contributed by atoms with Crippen molar-refractivity contribution < 1.29 is 0 Å². The molecule has 0 spiro atoms. The van der Waals surface area contributed by atoms with Gasteiger partial charge in [0.2, 0.25) is 0 Å². The van der Waals surface area contributed by atoms with Gasteiger partial charge in [-0.2, -0.15) is 5.10 Å². The third-order valence-corrected chi connectivity index (χ3v) is 4.48. The Balaban J connectivity index is 1.83. The van der Waals surface area contributed by atoms with Gasteiger partial charge in [0, 0.05) is 24.2 Å². The van der Waals surface area contributed by atoms with Crippen molar-refractivity contribution in [3.8, 4) is 0 Å². The predicted octanol–water partition coefficient (Wildman–Crippen LogP) is 1.24. The zero-order valence-corrected chi connectivity index (χ0v) is 14.1. The van der Waals surface area contributed by atoms with Crippen LogP contribution < -0.4 is 16.4 Å². The summed E-state index contributed by atoms with van der Waals surface area (Å²) in [5, 5.41) is 15.8. The van der Waals surface area contributed by atoms with Crippen molar-refractivity contribution in [2.75, 3.05) is 23.7 Å². The van der Waals surface area contributed by atoms with Crippen molar-refractivity contribution in [3.05, 3.63) is 34.9 Å². The molecule has 0 radical (unpaired) electrons. The maximum absolute atomic E-state index is 8.25. The van der Waals surface area contributed by atoms with E-state index in [9.17, 15) is 0 Å². The van der Waals surface area contributed by atoms with Crippen LogP contribution in [0.2, 0.25) is 5.15 Å². The first-order valence-corrected chi connectivity index (χ1v) is 7.98. The molecule has 0 unspecified atom stereocenters. The number of hydrogen-bond acceptors (Lipinski definition) is 8. The van der Waals surface area contributed by atoms with E-state index < -0.39 is 0 Å². The summed E-state index contributed by atoms with van der Waals surface area (Å²) in [6.45, 7) is 3.66. The van der Waals surface area contributed by atoms with Gasteiger partial charge in [-0.1, -0.05) is 11.6 Å². The maximum atomic E-state index is 8.25. The molecule has 3 heterocycles. The summed E-state index contributed by atoms with van der Waals surface area (Å²) in [7, 11) is 0. The second-order valence-corrected chi connectivity index (χ2v) is 6.57. The Hall–Kier alpha value is -2.32. The highest BCUT2D eigenvalue weighted by Crippen LogP contribution is 2.24. The fourth-order valence-electron chi connectivity index (χ4n) is 2.61. The molecule has 8 nitrogen and oxygen atoms in total. The molecule has 0 amide bonds. The summed E-state index contributed by atoms with van der Waals surface area (Å²) in [6, 6.07) is 1.60. The summed E-state index contributed by atoms with van der Waals surface area (Å²) >= 11 is 5.98. The Morgan fingerprint density at radius 2 is 2.08 bits per heavy atom. The van der Waals surface area contributed by atoms with E-state index >= 15 is 0 Å². The molecule has 0 atom stereocenters. The Bertz CT molecular complexity index is 766. The third-order valence-electron chi connectivity index (χ3n) is 4.20. The van der Waals surface area contributed by atoms with E-state index in [1.165, 1.54) is 6.20 Å². The summed E-state index contributed by atoms with van der Waals surface area (Å²) in [4.78, 5) is 10.8. The number of nitrogens with one attached hydrogen (secondary N) is 1. The van der Waals surface area contributed by atoms with E-state index in [0.29, 0.717) is 11.4 Å². The SMILES string of the molecule is CC1(N)CCN(c2cnc(C(=N)c3ccnnc3Cl)c(N)n2)CC1. The number of halogens is 1. The molecule has 9 heteroatoms. The fourth-order valence-corrected chi connectivity index (χ4v) is 2.81. The normalized spacial score (nSPS) is 16.9. The number of nitrogens with two attached hydrogens (primary N) is 2. The van der Waals surface area contributed by atoms with Gasteiger partial charge in [0.05, 0.1) is 18.1 Å². The first kappa shape index (κ1) is 16.5. The number of nitrogen functional groups attached to an aromatic ring is 1. The molecule has 0 saturated carbocycles. The van der Waals surface area contributed by atoms with Crippen LogP contribution in [0.1, 0.15) is 31.0 Å². The lowest BCUT2D eigenvalue weighted by atomic mass is 9.91. The highest BCUT2D eigenvalue weighted by molar-refractivity contribution is 6.34. The van der Waals surface area contributed by atoms with E-state index in [2.05, 4.69) is 32.0 Å². The number of rotatable bonds is 3. The Morgan fingerprint density at radius 1 is 1.38 bits per heavy atom. The molecule has 0 aliphatic carbocycles. The molecular formula is C15H19ClN8. The van der Waals surface area contributed by atoms with Gasteiger partial charge >= 0.3 is 0 Å². The topological polar surface area (TPSA) is 131 Å². The van der Waals surface area contributed by atoms with Crippen LogP contribution in [0, 0.1) is 5.41 Å². The quantitative estimate of drug-likeness (QED) is 0.712. The minimum atomic E-state index is -0.136. The Morgan fingerprint density at radius 3 is 2.71 bits per heavy atom. The van der Waals surface area contributed by atoms with Gasteiger partial charge in [0.25, 0.3) is 0 Å². The second-order valence-electron chi connectivity index (χ2n) is 6.21. The first-order valence-electron chi connectivity index (χ1n) is 7.60. The van der Waals surface area contributed by atoms with Crippen molar-refractivity contribution in [2.45, 2.75) is 25.3 Å². The molecule has 1 saturated heterocycles. The molecular weight excluding hydrogens is 328 g/mol. The second kappa shape index (κ2) is 6.29. The number of nitrogens with zero attached hydrogens (tertiary/aromatic N) is 5. The van der Waals surface area contributed by atoms with Crippen LogP contribution in [0.5, 0.6) is 0 Å². The first-order chi connectivity index (χ1) is 11.4. The molecule has 126 valence electrons. The summed E-state index contributed by atoms with van der Waals surface area (Å²) in [6.07, 6.45) is 4.85.